The highest BCUT2D eigenvalue weighted by Crippen LogP contribution is 2.17. The van der Waals surface area contributed by atoms with Crippen LogP contribution < -0.4 is 5.56 Å². The van der Waals surface area contributed by atoms with Crippen molar-refractivity contribution < 1.29 is 9.90 Å². The minimum Gasteiger partial charge on any atom is -0.477 e. The third-order valence-electron chi connectivity index (χ3n) is 2.16. The summed E-state index contributed by atoms with van der Waals surface area (Å²) in [4.78, 5) is 22.6. The highest BCUT2D eigenvalue weighted by molar-refractivity contribution is 6.32. The van der Waals surface area contributed by atoms with Gasteiger partial charge in [0.05, 0.1) is 10.7 Å². The molecule has 0 aliphatic heterocycles. The Morgan fingerprint density at radius 3 is 2.65 bits per heavy atom. The minimum atomic E-state index is -1.29. The topological polar surface area (TPSA) is 72.2 Å². The summed E-state index contributed by atoms with van der Waals surface area (Å²) in [5, 5.41) is 13.0. The van der Waals surface area contributed by atoms with Crippen LogP contribution in [-0.2, 0) is 0 Å². The van der Waals surface area contributed by atoms with Gasteiger partial charge in [-0.3, -0.25) is 4.79 Å². The first-order valence-electron chi connectivity index (χ1n) is 4.68. The Labute approximate surface area is 101 Å². The van der Waals surface area contributed by atoms with Gasteiger partial charge in [0, 0.05) is 6.20 Å². The molecule has 5 nitrogen and oxygen atoms in total. The second-order valence-electron chi connectivity index (χ2n) is 3.22. The number of carbonyl (C=O) groups is 1. The van der Waals surface area contributed by atoms with E-state index in [9.17, 15) is 9.59 Å². The van der Waals surface area contributed by atoms with E-state index in [1.165, 1.54) is 6.20 Å². The normalized spacial score (nSPS) is 10.2. The number of aromatic nitrogens is 2. The predicted octanol–water partition coefficient (Wildman–Crippen LogP) is 1.58. The van der Waals surface area contributed by atoms with Crippen LogP contribution in [0.15, 0.2) is 41.3 Å². The van der Waals surface area contributed by atoms with Crippen LogP contribution in [0.1, 0.15) is 10.4 Å². The number of halogens is 1. The van der Waals surface area contributed by atoms with Crippen LogP contribution in [0.5, 0.6) is 0 Å². The molecule has 0 aliphatic carbocycles. The summed E-state index contributed by atoms with van der Waals surface area (Å²) in [5.74, 6) is -1.29. The van der Waals surface area contributed by atoms with Crippen LogP contribution in [0, 0.1) is 0 Å². The molecule has 1 heterocycles. The quantitative estimate of drug-likeness (QED) is 0.878. The fraction of sp³-hybridized carbons (Fsp3) is 0. The van der Waals surface area contributed by atoms with Crippen LogP contribution in [0.25, 0.3) is 5.69 Å². The molecule has 0 aliphatic rings. The monoisotopic (exact) mass is 250 g/mol. The second-order valence-corrected chi connectivity index (χ2v) is 3.63. The van der Waals surface area contributed by atoms with E-state index in [1.54, 1.807) is 24.3 Å². The summed E-state index contributed by atoms with van der Waals surface area (Å²) in [7, 11) is 0. The molecule has 1 aromatic carbocycles. The first kappa shape index (κ1) is 11.3. The van der Waals surface area contributed by atoms with Gasteiger partial charge in [-0.05, 0) is 18.2 Å². The molecule has 0 saturated heterocycles. The number of nitrogens with zero attached hydrogens (tertiary/aromatic N) is 2. The first-order valence-corrected chi connectivity index (χ1v) is 5.05. The molecule has 0 saturated carbocycles. The van der Waals surface area contributed by atoms with Crippen LogP contribution in [0.3, 0.4) is 0 Å². The molecular formula is C11H7ClN2O3. The number of rotatable bonds is 2. The standard InChI is InChI=1S/C11H7ClN2O3/c12-8-3-1-2-4-9(8)14-10(15)7(11(16)17)5-6-13-14/h1-6H,(H,16,17). The summed E-state index contributed by atoms with van der Waals surface area (Å²) >= 11 is 5.92. The maximum atomic E-state index is 11.8. The Morgan fingerprint density at radius 2 is 2.00 bits per heavy atom. The number of carboxylic acid groups (broad SMARTS) is 1. The van der Waals surface area contributed by atoms with E-state index in [2.05, 4.69) is 5.10 Å². The molecule has 2 rings (SSSR count). The van der Waals surface area contributed by atoms with E-state index >= 15 is 0 Å². The SMILES string of the molecule is O=C(O)c1ccnn(-c2ccccc2Cl)c1=O. The lowest BCUT2D eigenvalue weighted by atomic mass is 10.3. The van der Waals surface area contributed by atoms with Crippen LogP contribution >= 0.6 is 11.6 Å². The Morgan fingerprint density at radius 1 is 1.29 bits per heavy atom. The predicted molar refractivity (Wildman–Crippen MR) is 61.8 cm³/mol. The van der Waals surface area contributed by atoms with Gasteiger partial charge < -0.3 is 5.11 Å². The maximum Gasteiger partial charge on any atom is 0.341 e. The van der Waals surface area contributed by atoms with Gasteiger partial charge in [-0.25, -0.2) is 4.79 Å². The van der Waals surface area contributed by atoms with Crippen molar-refractivity contribution in [2.75, 3.05) is 0 Å². The number of carboxylic acids is 1. The molecule has 0 fully saturated rings. The van der Waals surface area contributed by atoms with Crippen molar-refractivity contribution in [1.82, 2.24) is 9.78 Å². The average molecular weight is 251 g/mol. The molecule has 0 radical (unpaired) electrons. The highest BCUT2D eigenvalue weighted by Gasteiger charge is 2.13. The number of para-hydroxylation sites is 1. The first-order chi connectivity index (χ1) is 8.11. The average Bonchev–Trinajstić information content (AvgIpc) is 2.30. The van der Waals surface area contributed by atoms with Gasteiger partial charge >= 0.3 is 5.97 Å². The molecule has 2 aromatic rings. The lowest BCUT2D eigenvalue weighted by Crippen LogP contribution is -2.26. The third kappa shape index (κ3) is 2.05. The van der Waals surface area contributed by atoms with Crippen molar-refractivity contribution in [2.45, 2.75) is 0 Å². The van der Waals surface area contributed by atoms with E-state index in [1.807, 2.05) is 0 Å². The van der Waals surface area contributed by atoms with Crippen LogP contribution in [0.4, 0.5) is 0 Å². The zero-order valence-electron chi connectivity index (χ0n) is 8.50. The molecule has 0 bridgehead atoms. The largest absolute Gasteiger partial charge is 0.477 e. The van der Waals surface area contributed by atoms with Crippen molar-refractivity contribution >= 4 is 17.6 Å². The zero-order valence-corrected chi connectivity index (χ0v) is 9.26. The van der Waals surface area contributed by atoms with Crippen LogP contribution in [-0.4, -0.2) is 20.9 Å². The molecule has 0 spiro atoms. The minimum absolute atomic E-state index is 0.324. The highest BCUT2D eigenvalue weighted by atomic mass is 35.5. The van der Waals surface area contributed by atoms with E-state index in [0.717, 1.165) is 10.7 Å². The Kier molecular flexibility index (Phi) is 2.93. The van der Waals surface area contributed by atoms with Gasteiger partial charge in [0.25, 0.3) is 5.56 Å². The molecule has 0 amide bonds. The summed E-state index contributed by atoms with van der Waals surface area (Å²) in [5.41, 5.74) is -0.713. The Bertz CT molecular complexity index is 637. The smallest absolute Gasteiger partial charge is 0.341 e. The number of aromatic carboxylic acids is 1. The Balaban J connectivity index is 2.70. The number of hydrogen-bond acceptors (Lipinski definition) is 3. The fourth-order valence-corrected chi connectivity index (χ4v) is 1.59. The number of hydrogen-bond donors (Lipinski definition) is 1. The van der Waals surface area contributed by atoms with Gasteiger partial charge in [-0.15, -0.1) is 0 Å². The van der Waals surface area contributed by atoms with E-state index in [-0.39, 0.29) is 5.56 Å². The molecule has 1 aromatic heterocycles. The van der Waals surface area contributed by atoms with Gasteiger partial charge in [-0.1, -0.05) is 23.7 Å². The summed E-state index contributed by atoms with van der Waals surface area (Å²) in [6, 6.07) is 7.72. The van der Waals surface area contributed by atoms with Crippen molar-refractivity contribution in [2.24, 2.45) is 0 Å². The van der Waals surface area contributed by atoms with Gasteiger partial charge in [0.2, 0.25) is 0 Å². The molecular weight excluding hydrogens is 244 g/mol. The number of benzene rings is 1. The Hall–Kier alpha value is -2.14. The molecule has 1 N–H and O–H groups in total. The lowest BCUT2D eigenvalue weighted by molar-refractivity contribution is 0.0694. The molecule has 0 unspecified atom stereocenters. The summed E-state index contributed by atoms with van der Waals surface area (Å²) in [6.45, 7) is 0. The molecule has 0 atom stereocenters. The summed E-state index contributed by atoms with van der Waals surface area (Å²) in [6.07, 6.45) is 1.24. The van der Waals surface area contributed by atoms with E-state index in [0.29, 0.717) is 10.7 Å². The van der Waals surface area contributed by atoms with Gasteiger partial charge in [-0.2, -0.15) is 9.78 Å². The summed E-state index contributed by atoms with van der Waals surface area (Å²) < 4.78 is 0.964. The molecule has 17 heavy (non-hydrogen) atoms. The van der Waals surface area contributed by atoms with Gasteiger partial charge in [0.15, 0.2) is 0 Å². The van der Waals surface area contributed by atoms with Crippen molar-refractivity contribution in [3.05, 3.63) is 57.5 Å². The molecule has 6 heteroatoms. The molecule has 86 valence electrons. The fourth-order valence-electron chi connectivity index (χ4n) is 1.37. The lowest BCUT2D eigenvalue weighted by Gasteiger charge is -2.06. The van der Waals surface area contributed by atoms with Crippen molar-refractivity contribution in [3.8, 4) is 5.69 Å². The van der Waals surface area contributed by atoms with Crippen molar-refractivity contribution in [3.63, 3.8) is 0 Å². The van der Waals surface area contributed by atoms with Crippen molar-refractivity contribution in [1.29, 1.82) is 0 Å². The maximum absolute atomic E-state index is 11.8. The second kappa shape index (κ2) is 4.39. The zero-order chi connectivity index (χ0) is 12.4. The van der Waals surface area contributed by atoms with Crippen LogP contribution in [0.2, 0.25) is 5.02 Å². The van der Waals surface area contributed by atoms with E-state index in [4.69, 9.17) is 16.7 Å². The van der Waals surface area contributed by atoms with Gasteiger partial charge in [0.1, 0.15) is 5.56 Å². The third-order valence-corrected chi connectivity index (χ3v) is 2.48. The van der Waals surface area contributed by atoms with E-state index < -0.39 is 11.5 Å².